The number of anilines is 1. The van der Waals surface area contributed by atoms with E-state index in [0.717, 1.165) is 34.4 Å². The zero-order chi connectivity index (χ0) is 14.5. The van der Waals surface area contributed by atoms with Crippen LogP contribution in [0.25, 0.3) is 0 Å². The van der Waals surface area contributed by atoms with E-state index in [1.807, 2.05) is 24.3 Å². The Balaban J connectivity index is 1.52. The average Bonchev–Trinajstić information content (AvgIpc) is 3.14. The normalized spacial score (nSPS) is 17.8. The Morgan fingerprint density at radius 1 is 1.43 bits per heavy atom. The van der Waals surface area contributed by atoms with E-state index in [0.29, 0.717) is 6.42 Å². The number of nitrogens with zero attached hydrogens (tertiary/aromatic N) is 2. The molecular formula is C14H15N3O2S2. The second-order valence-corrected chi connectivity index (χ2v) is 6.87. The minimum atomic E-state index is 0.00595. The van der Waals surface area contributed by atoms with Crippen molar-refractivity contribution in [3.8, 4) is 0 Å². The largest absolute Gasteiger partial charge is 0.378 e. The van der Waals surface area contributed by atoms with Crippen molar-refractivity contribution in [2.75, 3.05) is 11.9 Å². The molecule has 1 aliphatic heterocycles. The molecule has 1 N–H and O–H groups in total. The Bertz CT molecular complexity index is 581. The number of ether oxygens (including phenoxy) is 1. The second-order valence-electron chi connectivity index (χ2n) is 4.72. The number of carbonyl (C=O) groups excluding carboxylic acids is 1. The summed E-state index contributed by atoms with van der Waals surface area (Å²) in [5.41, 5.74) is 2.52. The first-order valence-corrected chi connectivity index (χ1v) is 8.45. The van der Waals surface area contributed by atoms with Gasteiger partial charge in [-0.05, 0) is 37.1 Å². The highest BCUT2D eigenvalue weighted by Crippen LogP contribution is 2.29. The first kappa shape index (κ1) is 14.5. The van der Waals surface area contributed by atoms with E-state index < -0.39 is 0 Å². The molecule has 0 spiro atoms. The lowest BCUT2D eigenvalue weighted by molar-refractivity contribution is -0.118. The van der Waals surface area contributed by atoms with Crippen LogP contribution in [0, 0.1) is 0 Å². The first-order chi connectivity index (χ1) is 10.3. The molecule has 21 heavy (non-hydrogen) atoms. The summed E-state index contributed by atoms with van der Waals surface area (Å²) in [6.07, 6.45) is 2.54. The van der Waals surface area contributed by atoms with E-state index in [9.17, 15) is 4.79 Å². The van der Waals surface area contributed by atoms with Crippen LogP contribution in [0.4, 0.5) is 5.69 Å². The SMILES string of the molecule is O=C(C[C@H]1CCCO1)Nc1ccc(Sc2nncs2)cc1. The van der Waals surface area contributed by atoms with Gasteiger partial charge in [-0.25, -0.2) is 0 Å². The summed E-state index contributed by atoms with van der Waals surface area (Å²) in [5, 5.41) is 10.7. The van der Waals surface area contributed by atoms with Crippen molar-refractivity contribution in [1.82, 2.24) is 10.2 Å². The fourth-order valence-corrected chi connectivity index (χ4v) is 3.59. The molecule has 1 atom stereocenters. The van der Waals surface area contributed by atoms with E-state index in [2.05, 4.69) is 15.5 Å². The third-order valence-corrected chi connectivity index (χ3v) is 4.91. The molecule has 1 amide bonds. The summed E-state index contributed by atoms with van der Waals surface area (Å²) >= 11 is 3.07. The van der Waals surface area contributed by atoms with Gasteiger partial charge < -0.3 is 10.1 Å². The summed E-state index contributed by atoms with van der Waals surface area (Å²) in [7, 11) is 0. The first-order valence-electron chi connectivity index (χ1n) is 6.75. The predicted octanol–water partition coefficient (Wildman–Crippen LogP) is 3.20. The maximum atomic E-state index is 11.9. The van der Waals surface area contributed by atoms with Crippen LogP contribution in [0.2, 0.25) is 0 Å². The second kappa shape index (κ2) is 7.02. The van der Waals surface area contributed by atoms with Gasteiger partial charge in [0.15, 0.2) is 4.34 Å². The number of rotatable bonds is 5. The Labute approximate surface area is 131 Å². The Kier molecular flexibility index (Phi) is 4.84. The van der Waals surface area contributed by atoms with E-state index in [1.54, 1.807) is 17.3 Å². The van der Waals surface area contributed by atoms with Crippen LogP contribution in [0.5, 0.6) is 0 Å². The van der Waals surface area contributed by atoms with E-state index in [-0.39, 0.29) is 12.0 Å². The third kappa shape index (κ3) is 4.26. The predicted molar refractivity (Wildman–Crippen MR) is 82.7 cm³/mol. The standard InChI is InChI=1S/C14H15N3O2S2/c18-13(8-11-2-1-7-19-11)16-10-3-5-12(6-4-10)21-14-17-15-9-20-14/h3-6,9,11H,1-2,7-8H2,(H,16,18)/t11-/m1/s1. The van der Waals surface area contributed by atoms with E-state index >= 15 is 0 Å². The molecule has 1 aromatic carbocycles. The van der Waals surface area contributed by atoms with Crippen molar-refractivity contribution in [1.29, 1.82) is 0 Å². The van der Waals surface area contributed by atoms with Crippen molar-refractivity contribution >= 4 is 34.7 Å². The number of benzene rings is 1. The van der Waals surface area contributed by atoms with Crippen LogP contribution in [0.3, 0.4) is 0 Å². The molecule has 2 aromatic rings. The number of carbonyl (C=O) groups is 1. The Morgan fingerprint density at radius 2 is 2.29 bits per heavy atom. The summed E-state index contributed by atoms with van der Waals surface area (Å²) < 4.78 is 6.37. The smallest absolute Gasteiger partial charge is 0.226 e. The maximum Gasteiger partial charge on any atom is 0.226 e. The monoisotopic (exact) mass is 321 g/mol. The third-order valence-electron chi connectivity index (χ3n) is 3.12. The van der Waals surface area contributed by atoms with E-state index in [1.165, 1.54) is 11.3 Å². The van der Waals surface area contributed by atoms with Gasteiger partial charge in [0.2, 0.25) is 5.91 Å². The summed E-state index contributed by atoms with van der Waals surface area (Å²) in [6.45, 7) is 0.773. The average molecular weight is 321 g/mol. The lowest BCUT2D eigenvalue weighted by atomic mass is 10.2. The van der Waals surface area contributed by atoms with Gasteiger partial charge in [0, 0.05) is 17.2 Å². The lowest BCUT2D eigenvalue weighted by Crippen LogP contribution is -2.19. The number of aromatic nitrogens is 2. The molecule has 3 rings (SSSR count). The minimum Gasteiger partial charge on any atom is -0.378 e. The summed E-state index contributed by atoms with van der Waals surface area (Å²) in [6, 6.07) is 7.73. The molecule has 1 saturated heterocycles. The number of nitrogens with one attached hydrogen (secondary N) is 1. The molecule has 110 valence electrons. The molecular weight excluding hydrogens is 306 g/mol. The molecule has 2 heterocycles. The molecule has 1 fully saturated rings. The van der Waals surface area contributed by atoms with Gasteiger partial charge in [0.25, 0.3) is 0 Å². The highest BCUT2D eigenvalue weighted by Gasteiger charge is 2.18. The van der Waals surface area contributed by atoms with Gasteiger partial charge in [-0.3, -0.25) is 4.79 Å². The fraction of sp³-hybridized carbons (Fsp3) is 0.357. The molecule has 0 bridgehead atoms. The minimum absolute atomic E-state index is 0.00595. The molecule has 1 aromatic heterocycles. The van der Waals surface area contributed by atoms with Crippen LogP contribution in [-0.4, -0.2) is 28.8 Å². The van der Waals surface area contributed by atoms with Crippen LogP contribution in [0.1, 0.15) is 19.3 Å². The highest BCUT2D eigenvalue weighted by atomic mass is 32.2. The van der Waals surface area contributed by atoms with Gasteiger partial charge >= 0.3 is 0 Å². The van der Waals surface area contributed by atoms with Crippen LogP contribution in [0.15, 0.2) is 39.0 Å². The molecule has 0 radical (unpaired) electrons. The van der Waals surface area contributed by atoms with Crippen molar-refractivity contribution < 1.29 is 9.53 Å². The molecule has 0 saturated carbocycles. The fourth-order valence-electron chi connectivity index (χ4n) is 2.14. The molecule has 1 aliphatic rings. The zero-order valence-electron chi connectivity index (χ0n) is 11.3. The Hall–Kier alpha value is -1.44. The summed E-state index contributed by atoms with van der Waals surface area (Å²) in [5.74, 6) is 0.00595. The van der Waals surface area contributed by atoms with Gasteiger partial charge in [0.1, 0.15) is 5.51 Å². The number of amides is 1. The molecule has 0 aliphatic carbocycles. The molecule has 0 unspecified atom stereocenters. The van der Waals surface area contributed by atoms with Crippen molar-refractivity contribution in [2.24, 2.45) is 0 Å². The van der Waals surface area contributed by atoms with Crippen LogP contribution < -0.4 is 5.32 Å². The van der Waals surface area contributed by atoms with Gasteiger partial charge in [-0.2, -0.15) is 0 Å². The van der Waals surface area contributed by atoms with Gasteiger partial charge in [-0.15, -0.1) is 10.2 Å². The van der Waals surface area contributed by atoms with Crippen LogP contribution >= 0.6 is 23.1 Å². The Morgan fingerprint density at radius 3 is 2.95 bits per heavy atom. The lowest BCUT2D eigenvalue weighted by Gasteiger charge is -2.10. The zero-order valence-corrected chi connectivity index (χ0v) is 13.0. The number of hydrogen-bond donors (Lipinski definition) is 1. The van der Waals surface area contributed by atoms with Gasteiger partial charge in [0.05, 0.1) is 12.5 Å². The molecule has 5 nitrogen and oxygen atoms in total. The summed E-state index contributed by atoms with van der Waals surface area (Å²) in [4.78, 5) is 13.0. The highest BCUT2D eigenvalue weighted by molar-refractivity contribution is 8.01. The molecule has 7 heteroatoms. The van der Waals surface area contributed by atoms with Crippen molar-refractivity contribution in [2.45, 2.75) is 34.6 Å². The van der Waals surface area contributed by atoms with Crippen LogP contribution in [-0.2, 0) is 9.53 Å². The van der Waals surface area contributed by atoms with Crippen molar-refractivity contribution in [3.05, 3.63) is 29.8 Å². The number of hydrogen-bond acceptors (Lipinski definition) is 6. The van der Waals surface area contributed by atoms with E-state index in [4.69, 9.17) is 4.74 Å². The van der Waals surface area contributed by atoms with Crippen molar-refractivity contribution in [3.63, 3.8) is 0 Å². The topological polar surface area (TPSA) is 64.1 Å². The van der Waals surface area contributed by atoms with Gasteiger partial charge in [-0.1, -0.05) is 23.1 Å². The maximum absolute atomic E-state index is 11.9. The quantitative estimate of drug-likeness (QED) is 0.916.